The van der Waals surface area contributed by atoms with Gasteiger partial charge in [0.25, 0.3) is 0 Å². The molecule has 18 heavy (non-hydrogen) atoms. The Morgan fingerprint density at radius 2 is 2.17 bits per heavy atom. The first-order chi connectivity index (χ1) is 8.65. The van der Waals surface area contributed by atoms with E-state index in [1.807, 2.05) is 13.8 Å². The van der Waals surface area contributed by atoms with Gasteiger partial charge < -0.3 is 10.4 Å². The number of rotatable bonds is 8. The molecule has 6 nitrogen and oxygen atoms in total. The topological polar surface area (TPSA) is 80.0 Å². The molecule has 0 unspecified atom stereocenters. The van der Waals surface area contributed by atoms with Crippen LogP contribution in [-0.4, -0.2) is 38.9 Å². The molecule has 0 saturated heterocycles. The molecule has 1 rings (SSSR count). The Kier molecular flexibility index (Phi) is 5.77. The molecule has 102 valence electrons. The van der Waals surface area contributed by atoms with Crippen LogP contribution in [0.15, 0.2) is 12.7 Å². The minimum Gasteiger partial charge on any atom is -0.396 e. The van der Waals surface area contributed by atoms with Crippen LogP contribution in [-0.2, 0) is 11.3 Å². The smallest absolute Gasteiger partial charge is 0.221 e. The van der Waals surface area contributed by atoms with Gasteiger partial charge in [-0.1, -0.05) is 13.8 Å². The highest BCUT2D eigenvalue weighted by Crippen LogP contribution is 2.24. The maximum Gasteiger partial charge on any atom is 0.221 e. The molecule has 0 bridgehead atoms. The number of nitrogens with one attached hydrogen (secondary N) is 1. The normalized spacial score (nSPS) is 11.5. The molecule has 1 aromatic heterocycles. The van der Waals surface area contributed by atoms with Crippen LogP contribution < -0.4 is 5.32 Å². The maximum absolute atomic E-state index is 11.7. The van der Waals surface area contributed by atoms with Gasteiger partial charge in [0, 0.05) is 18.4 Å². The van der Waals surface area contributed by atoms with Crippen LogP contribution in [0.3, 0.4) is 0 Å². The highest BCUT2D eigenvalue weighted by molar-refractivity contribution is 5.75. The maximum atomic E-state index is 11.7. The molecule has 0 aliphatic carbocycles. The number of hydrogen-bond acceptors (Lipinski definition) is 4. The van der Waals surface area contributed by atoms with Crippen molar-refractivity contribution in [1.82, 2.24) is 20.1 Å². The third kappa shape index (κ3) is 4.10. The third-order valence-corrected chi connectivity index (χ3v) is 3.53. The van der Waals surface area contributed by atoms with Crippen molar-refractivity contribution in [3.8, 4) is 0 Å². The molecule has 0 saturated carbocycles. The first-order valence-electron chi connectivity index (χ1n) is 6.35. The van der Waals surface area contributed by atoms with Crippen LogP contribution in [0.1, 0.15) is 33.1 Å². The van der Waals surface area contributed by atoms with Gasteiger partial charge in [-0.25, -0.2) is 4.98 Å². The van der Waals surface area contributed by atoms with E-state index in [-0.39, 0.29) is 17.9 Å². The third-order valence-electron chi connectivity index (χ3n) is 3.53. The molecule has 6 heteroatoms. The standard InChI is InChI=1S/C12H22N4O2/c1-3-12(4-2,8-17)7-14-11(18)5-6-16-10-13-9-15-16/h9-10,17H,3-8H2,1-2H3,(H,14,18). The van der Waals surface area contributed by atoms with E-state index in [1.165, 1.54) is 6.33 Å². The van der Waals surface area contributed by atoms with Crippen molar-refractivity contribution in [2.45, 2.75) is 39.7 Å². The van der Waals surface area contributed by atoms with E-state index in [4.69, 9.17) is 0 Å². The first kappa shape index (κ1) is 14.6. The summed E-state index contributed by atoms with van der Waals surface area (Å²) in [7, 11) is 0. The number of carbonyl (C=O) groups excluding carboxylic acids is 1. The Bertz CT molecular complexity index is 339. The molecule has 0 aliphatic rings. The van der Waals surface area contributed by atoms with Crippen LogP contribution in [0.25, 0.3) is 0 Å². The number of aliphatic hydroxyl groups excluding tert-OH is 1. The van der Waals surface area contributed by atoms with Gasteiger partial charge in [0.2, 0.25) is 5.91 Å². The van der Waals surface area contributed by atoms with E-state index in [1.54, 1.807) is 11.0 Å². The van der Waals surface area contributed by atoms with Crippen LogP contribution in [0, 0.1) is 5.41 Å². The molecule has 0 aliphatic heterocycles. The summed E-state index contributed by atoms with van der Waals surface area (Å²) in [4.78, 5) is 15.5. The molecule has 1 aromatic rings. The second kappa shape index (κ2) is 7.10. The molecule has 1 amide bonds. The van der Waals surface area contributed by atoms with Gasteiger partial charge in [0.15, 0.2) is 0 Å². The van der Waals surface area contributed by atoms with Crippen molar-refractivity contribution < 1.29 is 9.90 Å². The number of hydrogen-bond donors (Lipinski definition) is 2. The molecule has 0 radical (unpaired) electrons. The van der Waals surface area contributed by atoms with Crippen molar-refractivity contribution in [3.63, 3.8) is 0 Å². The monoisotopic (exact) mass is 254 g/mol. The number of aromatic nitrogens is 3. The Balaban J connectivity index is 2.32. The number of amides is 1. The van der Waals surface area contributed by atoms with E-state index < -0.39 is 0 Å². The lowest BCUT2D eigenvalue weighted by atomic mass is 9.83. The lowest BCUT2D eigenvalue weighted by Crippen LogP contribution is -2.39. The summed E-state index contributed by atoms with van der Waals surface area (Å²) in [6.45, 7) is 5.20. The predicted molar refractivity (Wildman–Crippen MR) is 67.7 cm³/mol. The van der Waals surface area contributed by atoms with E-state index in [2.05, 4.69) is 15.4 Å². The fourth-order valence-electron chi connectivity index (χ4n) is 1.72. The molecule has 0 aromatic carbocycles. The predicted octanol–water partition coefficient (Wildman–Crippen LogP) is 0.583. The van der Waals surface area contributed by atoms with Crippen molar-refractivity contribution in [1.29, 1.82) is 0 Å². The SMILES string of the molecule is CCC(CC)(CO)CNC(=O)CCn1cncn1. The van der Waals surface area contributed by atoms with E-state index in [0.29, 0.717) is 19.5 Å². The van der Waals surface area contributed by atoms with Gasteiger partial charge in [0.05, 0.1) is 13.2 Å². The summed E-state index contributed by atoms with van der Waals surface area (Å²) in [5.41, 5.74) is -0.192. The molecule has 2 N–H and O–H groups in total. The zero-order valence-corrected chi connectivity index (χ0v) is 11.1. The van der Waals surface area contributed by atoms with Crippen LogP contribution in [0.5, 0.6) is 0 Å². The summed E-state index contributed by atoms with van der Waals surface area (Å²) < 4.78 is 1.62. The Morgan fingerprint density at radius 3 is 2.67 bits per heavy atom. The largest absolute Gasteiger partial charge is 0.396 e. The fourth-order valence-corrected chi connectivity index (χ4v) is 1.72. The number of carbonyl (C=O) groups is 1. The minimum absolute atomic E-state index is 0.0229. The van der Waals surface area contributed by atoms with Crippen LogP contribution in [0.2, 0.25) is 0 Å². The van der Waals surface area contributed by atoms with Crippen molar-refractivity contribution >= 4 is 5.91 Å². The Morgan fingerprint density at radius 1 is 1.44 bits per heavy atom. The second-order valence-corrected chi connectivity index (χ2v) is 4.55. The summed E-state index contributed by atoms with van der Waals surface area (Å²) >= 11 is 0. The lowest BCUT2D eigenvalue weighted by molar-refractivity contribution is -0.122. The first-order valence-corrected chi connectivity index (χ1v) is 6.35. The summed E-state index contributed by atoms with van der Waals surface area (Å²) in [5, 5.41) is 16.2. The fraction of sp³-hybridized carbons (Fsp3) is 0.750. The number of aryl methyl sites for hydroxylation is 1. The van der Waals surface area contributed by atoms with Crippen molar-refractivity contribution in [2.75, 3.05) is 13.2 Å². The molecule has 0 atom stereocenters. The highest BCUT2D eigenvalue weighted by Gasteiger charge is 2.25. The number of nitrogens with zero attached hydrogens (tertiary/aromatic N) is 3. The van der Waals surface area contributed by atoms with Crippen LogP contribution in [0.4, 0.5) is 0 Å². The molecule has 0 spiro atoms. The summed E-state index contributed by atoms with van der Waals surface area (Å²) in [6.07, 6.45) is 5.11. The van der Waals surface area contributed by atoms with Gasteiger partial charge in [0.1, 0.15) is 12.7 Å². The average molecular weight is 254 g/mol. The Hall–Kier alpha value is -1.43. The van der Waals surface area contributed by atoms with Gasteiger partial charge in [-0.2, -0.15) is 5.10 Å². The molecule has 0 fully saturated rings. The molecule has 1 heterocycles. The van der Waals surface area contributed by atoms with E-state index >= 15 is 0 Å². The average Bonchev–Trinajstić information content (AvgIpc) is 2.92. The summed E-state index contributed by atoms with van der Waals surface area (Å²) in [5.74, 6) is -0.0229. The van der Waals surface area contributed by atoms with Gasteiger partial charge in [-0.05, 0) is 12.8 Å². The van der Waals surface area contributed by atoms with Gasteiger partial charge in [-0.3, -0.25) is 9.48 Å². The second-order valence-electron chi connectivity index (χ2n) is 4.55. The van der Waals surface area contributed by atoms with Crippen molar-refractivity contribution in [3.05, 3.63) is 12.7 Å². The number of aliphatic hydroxyl groups is 1. The molecular weight excluding hydrogens is 232 g/mol. The van der Waals surface area contributed by atoms with Gasteiger partial charge in [-0.15, -0.1) is 0 Å². The van der Waals surface area contributed by atoms with E-state index in [9.17, 15) is 9.90 Å². The zero-order chi connectivity index (χ0) is 13.4. The minimum atomic E-state index is -0.192. The summed E-state index contributed by atoms with van der Waals surface area (Å²) in [6, 6.07) is 0. The van der Waals surface area contributed by atoms with Crippen LogP contribution >= 0.6 is 0 Å². The van der Waals surface area contributed by atoms with Gasteiger partial charge >= 0.3 is 0 Å². The Labute approximate surface area is 107 Å². The quantitative estimate of drug-likeness (QED) is 0.711. The molecular formula is C12H22N4O2. The van der Waals surface area contributed by atoms with Crippen molar-refractivity contribution in [2.24, 2.45) is 5.41 Å². The lowest BCUT2D eigenvalue weighted by Gasteiger charge is -2.29. The highest BCUT2D eigenvalue weighted by atomic mass is 16.3. The zero-order valence-electron chi connectivity index (χ0n) is 11.1. The van der Waals surface area contributed by atoms with E-state index in [0.717, 1.165) is 12.8 Å².